The number of carbonyl (C=O) groups excluding carboxylic acids is 2. The number of hydrazine groups is 1. The average Bonchev–Trinajstić information content (AvgIpc) is 2.59. The molecule has 0 aliphatic heterocycles. The fraction of sp³-hybridized carbons (Fsp3) is 0.429. The third kappa shape index (κ3) is 9.60. The van der Waals surface area contributed by atoms with Gasteiger partial charge in [-0.2, -0.15) is 0 Å². The van der Waals surface area contributed by atoms with Crippen molar-refractivity contribution in [1.82, 2.24) is 10.4 Å². The van der Waals surface area contributed by atoms with Crippen LogP contribution in [-0.2, 0) is 20.8 Å². The lowest BCUT2D eigenvalue weighted by Gasteiger charge is -2.27. The summed E-state index contributed by atoms with van der Waals surface area (Å²) in [6.07, 6.45) is -0.348. The van der Waals surface area contributed by atoms with Gasteiger partial charge in [0.1, 0.15) is 5.60 Å². The van der Waals surface area contributed by atoms with Crippen molar-refractivity contribution >= 4 is 29.2 Å². The van der Waals surface area contributed by atoms with Crippen LogP contribution >= 0.6 is 11.6 Å². The van der Waals surface area contributed by atoms with Crippen molar-refractivity contribution in [2.24, 2.45) is 0 Å². The van der Waals surface area contributed by atoms with E-state index < -0.39 is 23.8 Å². The quantitative estimate of drug-likeness (QED) is 0.376. The predicted molar refractivity (Wildman–Crippen MR) is 113 cm³/mol. The molecule has 1 aromatic rings. The molecule has 0 aliphatic carbocycles. The van der Waals surface area contributed by atoms with Gasteiger partial charge in [-0.15, -0.1) is 0 Å². The van der Waals surface area contributed by atoms with Gasteiger partial charge in [-0.05, 0) is 50.5 Å². The van der Waals surface area contributed by atoms with Crippen molar-refractivity contribution in [1.29, 1.82) is 0 Å². The summed E-state index contributed by atoms with van der Waals surface area (Å²) < 4.78 is 9.78. The number of ether oxygens (including phenoxy) is 2. The van der Waals surface area contributed by atoms with E-state index >= 15 is 0 Å². The van der Waals surface area contributed by atoms with E-state index in [0.717, 1.165) is 16.7 Å². The fourth-order valence-electron chi connectivity index (χ4n) is 2.41. The van der Waals surface area contributed by atoms with E-state index in [2.05, 4.69) is 16.7 Å². The van der Waals surface area contributed by atoms with Gasteiger partial charge in [0.05, 0.1) is 13.7 Å². The number of esters is 1. The lowest BCUT2D eigenvalue weighted by atomic mass is 10.0. The molecule has 1 aromatic carbocycles. The normalized spacial score (nSPS) is 13.0. The van der Waals surface area contributed by atoms with Gasteiger partial charge in [0, 0.05) is 11.6 Å². The molecule has 0 radical (unpaired) electrons. The number of aliphatic hydroxyl groups excluding tert-OH is 1. The van der Waals surface area contributed by atoms with Crippen molar-refractivity contribution in [3.63, 3.8) is 0 Å². The van der Waals surface area contributed by atoms with Crippen molar-refractivity contribution in [2.75, 3.05) is 13.7 Å². The van der Waals surface area contributed by atoms with Crippen LogP contribution in [0.2, 0.25) is 0 Å². The highest BCUT2D eigenvalue weighted by Crippen LogP contribution is 2.18. The molecule has 0 saturated carbocycles. The van der Waals surface area contributed by atoms with Crippen molar-refractivity contribution < 1.29 is 24.2 Å². The Bertz CT molecular complexity index is 753. The zero-order valence-electron chi connectivity index (χ0n) is 17.5. The number of nitrogens with zero attached hydrogens (tertiary/aromatic N) is 1. The maximum Gasteiger partial charge on any atom is 0.422 e. The van der Waals surface area contributed by atoms with Gasteiger partial charge >= 0.3 is 12.1 Å². The van der Waals surface area contributed by atoms with Crippen LogP contribution in [-0.4, -0.2) is 47.5 Å². The lowest BCUT2D eigenvalue weighted by molar-refractivity contribution is -0.152. The Labute approximate surface area is 176 Å². The summed E-state index contributed by atoms with van der Waals surface area (Å²) in [5.74, 6) is -0.793. The molecule has 7 nitrogen and oxygen atoms in total. The van der Waals surface area contributed by atoms with Crippen LogP contribution in [0.15, 0.2) is 42.0 Å². The van der Waals surface area contributed by atoms with Crippen LogP contribution in [0, 0.1) is 0 Å². The first-order valence-corrected chi connectivity index (χ1v) is 9.41. The van der Waals surface area contributed by atoms with E-state index in [-0.39, 0.29) is 13.1 Å². The molecule has 0 aromatic heterocycles. The molecule has 2 N–H and O–H groups in total. The molecule has 0 aliphatic rings. The second-order valence-corrected chi connectivity index (χ2v) is 7.99. The molecule has 1 atom stereocenters. The molecule has 8 heteroatoms. The van der Waals surface area contributed by atoms with Crippen molar-refractivity contribution in [3.05, 3.63) is 53.1 Å². The van der Waals surface area contributed by atoms with Crippen LogP contribution in [0.1, 0.15) is 38.8 Å². The number of nitrogens with one attached hydrogen (secondary N) is 1. The summed E-state index contributed by atoms with van der Waals surface area (Å²) in [6, 6.07) is 7.56. The van der Waals surface area contributed by atoms with Gasteiger partial charge in [0.15, 0.2) is 6.10 Å². The van der Waals surface area contributed by atoms with E-state index in [0.29, 0.717) is 5.03 Å². The Morgan fingerprint density at radius 1 is 1.31 bits per heavy atom. The van der Waals surface area contributed by atoms with E-state index in [1.54, 1.807) is 26.8 Å². The highest BCUT2D eigenvalue weighted by atomic mass is 35.5. The Morgan fingerprint density at radius 2 is 1.90 bits per heavy atom. The maximum atomic E-state index is 12.1. The molecule has 0 spiro atoms. The number of hydrogen-bond acceptors (Lipinski definition) is 6. The number of benzene rings is 1. The minimum atomic E-state index is -1.42. The first-order chi connectivity index (χ1) is 13.4. The summed E-state index contributed by atoms with van der Waals surface area (Å²) in [6.45, 7) is 10.9. The van der Waals surface area contributed by atoms with Crippen LogP contribution < -0.4 is 5.43 Å². The molecule has 1 amide bonds. The van der Waals surface area contributed by atoms with Gasteiger partial charge in [-0.25, -0.2) is 14.6 Å². The van der Waals surface area contributed by atoms with E-state index in [9.17, 15) is 14.7 Å². The second kappa shape index (κ2) is 11.0. The number of carbonyl (C=O) groups is 2. The van der Waals surface area contributed by atoms with Gasteiger partial charge < -0.3 is 14.6 Å². The van der Waals surface area contributed by atoms with Gasteiger partial charge in [0.25, 0.3) is 0 Å². The third-order valence-corrected chi connectivity index (χ3v) is 3.78. The van der Waals surface area contributed by atoms with E-state index in [4.69, 9.17) is 16.3 Å². The van der Waals surface area contributed by atoms with E-state index in [1.807, 2.05) is 31.2 Å². The number of amides is 1. The molecule has 29 heavy (non-hydrogen) atoms. The Balaban J connectivity index is 2.93. The maximum absolute atomic E-state index is 12.1. The van der Waals surface area contributed by atoms with Crippen molar-refractivity contribution in [3.8, 4) is 0 Å². The highest BCUT2D eigenvalue weighted by molar-refractivity contribution is 6.31. The lowest BCUT2D eigenvalue weighted by Crippen LogP contribution is -2.48. The number of halogens is 1. The van der Waals surface area contributed by atoms with Crippen LogP contribution in [0.5, 0.6) is 0 Å². The second-order valence-electron chi connectivity index (χ2n) is 7.50. The topological polar surface area (TPSA) is 88.1 Å². The number of rotatable bonds is 8. The summed E-state index contributed by atoms with van der Waals surface area (Å²) >= 11 is 5.81. The SMILES string of the molecule is C=C(Cl)C=C(C)c1ccc(CN(CC(O)C(=O)OC)NC(=O)OC(C)(C)C)cc1. The average molecular weight is 425 g/mol. The molecule has 0 heterocycles. The molecule has 1 rings (SSSR count). The van der Waals surface area contributed by atoms with E-state index in [1.165, 1.54) is 12.1 Å². The van der Waals surface area contributed by atoms with Crippen LogP contribution in [0.4, 0.5) is 4.79 Å². The summed E-state index contributed by atoms with van der Waals surface area (Å²) in [5.41, 5.74) is 4.65. The smallest absolute Gasteiger partial charge is 0.422 e. The fourth-order valence-corrected chi connectivity index (χ4v) is 2.57. The molecule has 160 valence electrons. The molecular formula is C21H29ClN2O5. The summed E-state index contributed by atoms with van der Waals surface area (Å²) in [7, 11) is 1.18. The Morgan fingerprint density at radius 3 is 2.38 bits per heavy atom. The molecule has 0 saturated heterocycles. The molecule has 1 unspecified atom stereocenters. The Kier molecular flexibility index (Phi) is 9.36. The standard InChI is InChI=1S/C21H29ClN2O5/c1-14(11-15(2)22)17-9-7-16(8-10-17)12-24(13-18(25)19(26)28-6)23-20(27)29-21(3,4)5/h7-11,18,25H,2,12-13H2,1,3-6H3,(H,23,27). The van der Waals surface area contributed by atoms with Crippen LogP contribution in [0.3, 0.4) is 0 Å². The first-order valence-electron chi connectivity index (χ1n) is 9.03. The Hall–Kier alpha value is -2.35. The summed E-state index contributed by atoms with van der Waals surface area (Å²) in [5, 5.41) is 11.8. The number of hydrogen-bond donors (Lipinski definition) is 2. The molecule has 0 bridgehead atoms. The number of methoxy groups -OCH3 is 1. The number of aliphatic hydroxyl groups is 1. The monoisotopic (exact) mass is 424 g/mol. The van der Waals surface area contributed by atoms with Crippen LogP contribution in [0.25, 0.3) is 5.57 Å². The third-order valence-electron chi connectivity index (χ3n) is 3.67. The van der Waals surface area contributed by atoms with Gasteiger partial charge in [0.2, 0.25) is 0 Å². The minimum absolute atomic E-state index is 0.168. The van der Waals surface area contributed by atoms with Crippen molar-refractivity contribution in [2.45, 2.75) is 45.9 Å². The largest absolute Gasteiger partial charge is 0.467 e. The zero-order chi connectivity index (χ0) is 22.2. The summed E-state index contributed by atoms with van der Waals surface area (Å²) in [4.78, 5) is 23.7. The highest BCUT2D eigenvalue weighted by Gasteiger charge is 2.23. The van der Waals surface area contributed by atoms with Gasteiger partial charge in [-0.3, -0.25) is 5.43 Å². The minimum Gasteiger partial charge on any atom is -0.467 e. The molecular weight excluding hydrogens is 396 g/mol. The molecule has 0 fully saturated rings. The predicted octanol–water partition coefficient (Wildman–Crippen LogP) is 3.62. The zero-order valence-corrected chi connectivity index (χ0v) is 18.2. The first kappa shape index (κ1) is 24.7. The number of allylic oxidation sites excluding steroid dienone is 3. The van der Waals surface area contributed by atoms with Gasteiger partial charge in [-0.1, -0.05) is 42.4 Å².